The van der Waals surface area contributed by atoms with Crippen LogP contribution in [-0.4, -0.2) is 40.0 Å². The number of benzene rings is 1. The summed E-state index contributed by atoms with van der Waals surface area (Å²) in [6.45, 7) is 5.41. The highest BCUT2D eigenvalue weighted by molar-refractivity contribution is 5.75. The van der Waals surface area contributed by atoms with E-state index < -0.39 is 0 Å². The molecule has 3 rings (SSSR count). The second-order valence-corrected chi connectivity index (χ2v) is 6.14. The van der Waals surface area contributed by atoms with Gasteiger partial charge >= 0.3 is 6.03 Å². The van der Waals surface area contributed by atoms with Crippen molar-refractivity contribution in [2.24, 2.45) is 0 Å². The molecule has 2 amide bonds. The number of nitrogens with zero attached hydrogens (tertiary/aromatic N) is 3. The third-order valence-electron chi connectivity index (χ3n) is 3.69. The molecule has 0 aliphatic carbocycles. The van der Waals surface area contributed by atoms with E-state index in [9.17, 15) is 9.18 Å². The van der Waals surface area contributed by atoms with Gasteiger partial charge in [-0.25, -0.2) is 19.2 Å². The maximum absolute atomic E-state index is 13.3. The van der Waals surface area contributed by atoms with Gasteiger partial charge in [0.25, 0.3) is 0 Å². The second-order valence-electron chi connectivity index (χ2n) is 6.14. The van der Waals surface area contributed by atoms with Crippen molar-refractivity contribution in [3.63, 3.8) is 0 Å². The summed E-state index contributed by atoms with van der Waals surface area (Å²) in [4.78, 5) is 22.7. The molecule has 7 nitrogen and oxygen atoms in total. The van der Waals surface area contributed by atoms with Crippen molar-refractivity contribution < 1.29 is 9.18 Å². The van der Waals surface area contributed by atoms with Gasteiger partial charge in [-0.2, -0.15) is 0 Å². The summed E-state index contributed by atoms with van der Waals surface area (Å²) >= 11 is 0. The second kappa shape index (κ2) is 7.33. The van der Waals surface area contributed by atoms with Crippen LogP contribution in [0, 0.1) is 5.82 Å². The van der Waals surface area contributed by atoms with Crippen LogP contribution in [0.15, 0.2) is 30.5 Å². The Morgan fingerprint density at radius 3 is 3.00 bits per heavy atom. The van der Waals surface area contributed by atoms with Crippen molar-refractivity contribution in [2.75, 3.05) is 23.7 Å². The minimum absolute atomic E-state index is 0.0683. The van der Waals surface area contributed by atoms with Gasteiger partial charge in [-0.1, -0.05) is 6.07 Å². The fraction of sp³-hybridized carbons (Fsp3) is 0.353. The number of hydrogen-bond donors (Lipinski definition) is 3. The van der Waals surface area contributed by atoms with Crippen LogP contribution in [0.3, 0.4) is 0 Å². The molecule has 1 aliphatic rings. The molecule has 0 bridgehead atoms. The predicted molar refractivity (Wildman–Crippen MR) is 94.3 cm³/mol. The molecule has 2 heterocycles. The molecule has 0 saturated carbocycles. The Balaban J connectivity index is 1.78. The first-order valence-electron chi connectivity index (χ1n) is 8.19. The largest absolute Gasteiger partial charge is 0.380 e. The average Bonchev–Trinajstić information content (AvgIpc) is 2.76. The molecule has 3 N–H and O–H groups in total. The number of anilines is 3. The fourth-order valence-electron chi connectivity index (χ4n) is 2.54. The van der Waals surface area contributed by atoms with E-state index >= 15 is 0 Å². The molecule has 132 valence electrons. The Hall–Kier alpha value is -2.90. The molecular formula is C17H21FN6O. The molecule has 1 aromatic carbocycles. The van der Waals surface area contributed by atoms with E-state index in [0.29, 0.717) is 37.0 Å². The standard InChI is InChI=1S/C17H21FN6O/c1-11(2)21-17(25)24-7-6-19-14-9-20-16(23-15(14)10-24)22-13-5-3-4-12(18)8-13/h3-5,8-9,11,19H,6-7,10H2,1-2H3,(H,21,25)(H,20,22,23). The minimum atomic E-state index is -0.335. The molecule has 0 atom stereocenters. The van der Waals surface area contributed by atoms with E-state index in [1.165, 1.54) is 12.1 Å². The SMILES string of the molecule is CC(C)NC(=O)N1CCNc2cnc(Nc3cccc(F)c3)nc2C1. The predicted octanol–water partition coefficient (Wildman–Crippen LogP) is 2.70. The lowest BCUT2D eigenvalue weighted by atomic mass is 10.3. The first-order valence-corrected chi connectivity index (χ1v) is 8.19. The van der Waals surface area contributed by atoms with E-state index in [-0.39, 0.29) is 17.9 Å². The number of fused-ring (bicyclic) bond motifs is 1. The highest BCUT2D eigenvalue weighted by atomic mass is 19.1. The van der Waals surface area contributed by atoms with E-state index in [4.69, 9.17) is 0 Å². The maximum Gasteiger partial charge on any atom is 0.318 e. The number of rotatable bonds is 3. The number of nitrogens with one attached hydrogen (secondary N) is 3. The van der Waals surface area contributed by atoms with Crippen LogP contribution in [0.25, 0.3) is 0 Å². The molecule has 0 radical (unpaired) electrons. The highest BCUT2D eigenvalue weighted by Gasteiger charge is 2.21. The van der Waals surface area contributed by atoms with Crippen LogP contribution in [0.5, 0.6) is 0 Å². The Morgan fingerprint density at radius 1 is 1.40 bits per heavy atom. The molecule has 0 saturated heterocycles. The Labute approximate surface area is 145 Å². The zero-order chi connectivity index (χ0) is 17.8. The van der Waals surface area contributed by atoms with Crippen LogP contribution in [-0.2, 0) is 6.54 Å². The lowest BCUT2D eigenvalue weighted by Crippen LogP contribution is -2.43. The number of carbonyl (C=O) groups is 1. The van der Waals surface area contributed by atoms with Crippen molar-refractivity contribution >= 4 is 23.4 Å². The van der Waals surface area contributed by atoms with Gasteiger partial charge in [0.1, 0.15) is 5.82 Å². The van der Waals surface area contributed by atoms with Gasteiger partial charge in [-0.05, 0) is 32.0 Å². The average molecular weight is 344 g/mol. The van der Waals surface area contributed by atoms with Gasteiger partial charge < -0.3 is 20.9 Å². The minimum Gasteiger partial charge on any atom is -0.380 e. The first-order chi connectivity index (χ1) is 12.0. The van der Waals surface area contributed by atoms with Crippen LogP contribution in [0.4, 0.5) is 26.5 Å². The van der Waals surface area contributed by atoms with Crippen molar-refractivity contribution in [3.05, 3.63) is 42.0 Å². The lowest BCUT2D eigenvalue weighted by molar-refractivity contribution is 0.195. The topological polar surface area (TPSA) is 82.2 Å². The number of urea groups is 1. The Bertz CT molecular complexity index is 767. The van der Waals surface area contributed by atoms with E-state index in [2.05, 4.69) is 25.9 Å². The van der Waals surface area contributed by atoms with Crippen molar-refractivity contribution in [1.82, 2.24) is 20.2 Å². The van der Waals surface area contributed by atoms with Crippen molar-refractivity contribution in [1.29, 1.82) is 0 Å². The molecule has 0 spiro atoms. The number of halogens is 1. The molecule has 1 aliphatic heterocycles. The highest BCUT2D eigenvalue weighted by Crippen LogP contribution is 2.21. The number of hydrogen-bond acceptors (Lipinski definition) is 5. The fourth-order valence-corrected chi connectivity index (χ4v) is 2.54. The Morgan fingerprint density at radius 2 is 2.24 bits per heavy atom. The van der Waals surface area contributed by atoms with Crippen molar-refractivity contribution in [3.8, 4) is 0 Å². The van der Waals surface area contributed by atoms with Crippen LogP contribution in [0.1, 0.15) is 19.5 Å². The van der Waals surface area contributed by atoms with Crippen LogP contribution >= 0.6 is 0 Å². The van der Waals surface area contributed by atoms with Crippen LogP contribution in [0.2, 0.25) is 0 Å². The van der Waals surface area contributed by atoms with Crippen molar-refractivity contribution in [2.45, 2.75) is 26.4 Å². The molecule has 25 heavy (non-hydrogen) atoms. The Kier molecular flexibility index (Phi) is 4.97. The summed E-state index contributed by atoms with van der Waals surface area (Å²) in [7, 11) is 0. The molecule has 2 aromatic rings. The molecule has 1 aromatic heterocycles. The van der Waals surface area contributed by atoms with Gasteiger partial charge in [-0.3, -0.25) is 0 Å². The summed E-state index contributed by atoms with van der Waals surface area (Å²) in [6, 6.07) is 6.04. The normalized spacial score (nSPS) is 13.7. The number of aromatic nitrogens is 2. The third kappa shape index (κ3) is 4.34. The van der Waals surface area contributed by atoms with E-state index in [1.54, 1.807) is 23.2 Å². The summed E-state index contributed by atoms with van der Waals surface area (Å²) in [5, 5.41) is 9.10. The molecule has 0 unspecified atom stereocenters. The van der Waals surface area contributed by atoms with Gasteiger partial charge in [0.05, 0.1) is 24.1 Å². The molecule has 8 heteroatoms. The lowest BCUT2D eigenvalue weighted by Gasteiger charge is -2.22. The summed E-state index contributed by atoms with van der Waals surface area (Å²) in [6.07, 6.45) is 1.67. The van der Waals surface area contributed by atoms with Gasteiger partial charge in [0.2, 0.25) is 5.95 Å². The summed E-state index contributed by atoms with van der Waals surface area (Å²) < 4.78 is 13.3. The summed E-state index contributed by atoms with van der Waals surface area (Å²) in [5.74, 6) is 0.0234. The summed E-state index contributed by atoms with van der Waals surface area (Å²) in [5.41, 5.74) is 2.07. The maximum atomic E-state index is 13.3. The smallest absolute Gasteiger partial charge is 0.318 e. The van der Waals surface area contributed by atoms with Crippen LogP contribution < -0.4 is 16.0 Å². The zero-order valence-electron chi connectivity index (χ0n) is 14.2. The molecule has 0 fully saturated rings. The first kappa shape index (κ1) is 16.9. The van der Waals surface area contributed by atoms with E-state index in [1.807, 2.05) is 13.8 Å². The third-order valence-corrected chi connectivity index (χ3v) is 3.69. The van der Waals surface area contributed by atoms with E-state index in [0.717, 1.165) is 5.69 Å². The quantitative estimate of drug-likeness (QED) is 0.797. The zero-order valence-corrected chi connectivity index (χ0v) is 14.2. The monoisotopic (exact) mass is 344 g/mol. The number of carbonyl (C=O) groups excluding carboxylic acids is 1. The number of amides is 2. The van der Waals surface area contributed by atoms with Gasteiger partial charge in [0.15, 0.2) is 0 Å². The molecular weight excluding hydrogens is 323 g/mol. The van der Waals surface area contributed by atoms with Gasteiger partial charge in [-0.15, -0.1) is 0 Å². The van der Waals surface area contributed by atoms with Gasteiger partial charge in [0, 0.05) is 24.8 Å².